The average molecular weight is 311 g/mol. The number of amides is 1. The lowest BCUT2D eigenvalue weighted by molar-refractivity contribution is -0.129. The molecule has 2 aliphatic carbocycles. The van der Waals surface area contributed by atoms with Gasteiger partial charge in [0.2, 0.25) is 5.91 Å². The molecule has 0 aliphatic heterocycles. The zero-order valence-electron chi connectivity index (χ0n) is 13.3. The third-order valence-corrected chi connectivity index (χ3v) is 5.95. The van der Waals surface area contributed by atoms with Gasteiger partial charge in [-0.3, -0.25) is 4.79 Å². The number of carbonyl (C=O) groups is 1. The van der Waals surface area contributed by atoms with Crippen LogP contribution in [0.1, 0.15) is 77.6 Å². The van der Waals surface area contributed by atoms with Gasteiger partial charge < -0.3 is 11.1 Å². The summed E-state index contributed by atoms with van der Waals surface area (Å²) in [6.45, 7) is 2.25. The fourth-order valence-electron chi connectivity index (χ4n) is 4.03. The molecule has 4 heteroatoms. The van der Waals surface area contributed by atoms with Crippen molar-refractivity contribution in [1.82, 2.24) is 5.32 Å². The fraction of sp³-hybridized carbons (Fsp3) is 0.882. The normalized spacial score (nSPS) is 29.4. The van der Waals surface area contributed by atoms with Gasteiger partial charge in [-0.2, -0.15) is 0 Å². The van der Waals surface area contributed by atoms with Crippen molar-refractivity contribution in [2.75, 3.05) is 0 Å². The van der Waals surface area contributed by atoms with Crippen molar-refractivity contribution in [1.29, 1.82) is 0 Å². The van der Waals surface area contributed by atoms with E-state index in [1.165, 1.54) is 32.1 Å². The smallest absolute Gasteiger partial charge is 0.233 e. The zero-order valence-corrected chi connectivity index (χ0v) is 14.1. The number of nitrogens with two attached hydrogens (primary N) is 1. The number of hydrogen-bond donors (Lipinski definition) is 2. The molecule has 21 heavy (non-hydrogen) atoms. The minimum atomic E-state index is -0.578. The molecule has 2 rings (SSSR count). The first-order valence-electron chi connectivity index (χ1n) is 8.69. The minimum Gasteiger partial charge on any atom is -0.392 e. The topological polar surface area (TPSA) is 55.1 Å². The Morgan fingerprint density at radius 1 is 1.19 bits per heavy atom. The van der Waals surface area contributed by atoms with Crippen molar-refractivity contribution in [3.8, 4) is 0 Å². The van der Waals surface area contributed by atoms with Crippen LogP contribution in [0.2, 0.25) is 0 Å². The van der Waals surface area contributed by atoms with Crippen LogP contribution < -0.4 is 11.1 Å². The quantitative estimate of drug-likeness (QED) is 0.615. The molecule has 0 bridgehead atoms. The second-order valence-electron chi connectivity index (χ2n) is 6.97. The highest BCUT2D eigenvalue weighted by atomic mass is 32.1. The van der Waals surface area contributed by atoms with Crippen LogP contribution in [0.5, 0.6) is 0 Å². The highest BCUT2D eigenvalue weighted by Gasteiger charge is 2.42. The molecule has 2 fully saturated rings. The van der Waals surface area contributed by atoms with E-state index in [-0.39, 0.29) is 5.91 Å². The number of thiocarbonyl (C=S) groups is 1. The van der Waals surface area contributed by atoms with Crippen LogP contribution in [0.15, 0.2) is 0 Å². The summed E-state index contributed by atoms with van der Waals surface area (Å²) in [5, 5.41) is 3.30. The molecular weight excluding hydrogens is 280 g/mol. The Balaban J connectivity index is 2.03. The van der Waals surface area contributed by atoms with Crippen molar-refractivity contribution < 1.29 is 4.79 Å². The van der Waals surface area contributed by atoms with Crippen LogP contribution in [-0.2, 0) is 4.79 Å². The molecule has 1 amide bonds. The molecule has 0 aromatic heterocycles. The van der Waals surface area contributed by atoms with Crippen molar-refractivity contribution in [3.63, 3.8) is 0 Å². The number of carbonyl (C=O) groups excluding carboxylic acids is 1. The highest BCUT2D eigenvalue weighted by molar-refractivity contribution is 7.80. The van der Waals surface area contributed by atoms with Crippen molar-refractivity contribution in [2.45, 2.75) is 83.6 Å². The first-order chi connectivity index (χ1) is 10.1. The summed E-state index contributed by atoms with van der Waals surface area (Å²) in [5.74, 6) is 0.873. The maximum absolute atomic E-state index is 12.9. The Morgan fingerprint density at radius 3 is 2.43 bits per heavy atom. The van der Waals surface area contributed by atoms with Gasteiger partial charge in [-0.25, -0.2) is 0 Å². The Bertz CT molecular complexity index is 375. The molecule has 2 saturated carbocycles. The molecule has 3 N–H and O–H groups in total. The van der Waals surface area contributed by atoms with E-state index in [9.17, 15) is 4.79 Å². The van der Waals surface area contributed by atoms with Crippen LogP contribution in [0, 0.1) is 11.3 Å². The Hall–Kier alpha value is -0.640. The summed E-state index contributed by atoms with van der Waals surface area (Å²) in [4.78, 5) is 13.3. The fourth-order valence-corrected chi connectivity index (χ4v) is 4.33. The lowest BCUT2D eigenvalue weighted by atomic mass is 9.78. The van der Waals surface area contributed by atoms with Gasteiger partial charge in [0, 0.05) is 6.04 Å². The first-order valence-corrected chi connectivity index (χ1v) is 9.10. The van der Waals surface area contributed by atoms with Crippen LogP contribution in [0.25, 0.3) is 0 Å². The summed E-state index contributed by atoms with van der Waals surface area (Å²) in [5.41, 5.74) is 5.42. The van der Waals surface area contributed by atoms with Crippen molar-refractivity contribution >= 4 is 23.1 Å². The predicted molar refractivity (Wildman–Crippen MR) is 91.1 cm³/mol. The number of rotatable bonds is 4. The van der Waals surface area contributed by atoms with Gasteiger partial charge in [-0.05, 0) is 31.6 Å². The molecule has 2 atom stereocenters. The van der Waals surface area contributed by atoms with E-state index in [1.54, 1.807) is 0 Å². The van der Waals surface area contributed by atoms with Crippen molar-refractivity contribution in [3.05, 3.63) is 0 Å². The molecule has 0 radical (unpaired) electrons. The lowest BCUT2D eigenvalue weighted by Crippen LogP contribution is -2.52. The minimum absolute atomic E-state index is 0.110. The summed E-state index contributed by atoms with van der Waals surface area (Å²) >= 11 is 5.29. The SMILES string of the molecule is CCC1CCCC(NC(=O)C2(C(N)=S)CCCCCC2)C1. The van der Waals surface area contributed by atoms with E-state index in [0.29, 0.717) is 11.0 Å². The zero-order chi connectivity index (χ0) is 15.3. The third-order valence-electron chi connectivity index (χ3n) is 5.56. The maximum atomic E-state index is 12.9. The summed E-state index contributed by atoms with van der Waals surface area (Å²) in [6, 6.07) is 0.325. The second-order valence-corrected chi connectivity index (χ2v) is 7.41. The Labute approximate surface area is 134 Å². The Morgan fingerprint density at radius 2 is 1.86 bits per heavy atom. The Kier molecular flexibility index (Phi) is 6.03. The highest BCUT2D eigenvalue weighted by Crippen LogP contribution is 2.36. The van der Waals surface area contributed by atoms with Crippen LogP contribution in [0.3, 0.4) is 0 Å². The monoisotopic (exact) mass is 310 g/mol. The van der Waals surface area contributed by atoms with Crippen LogP contribution in [-0.4, -0.2) is 16.9 Å². The molecular formula is C17H30N2OS. The standard InChI is InChI=1S/C17H30N2OS/c1-2-13-8-7-9-14(12-13)19-16(20)17(15(18)21)10-5-3-4-6-11-17/h13-14H,2-12H2,1H3,(H2,18,21)(H,19,20). The molecule has 0 aromatic carbocycles. The van der Waals surface area contributed by atoms with Crippen LogP contribution in [0.4, 0.5) is 0 Å². The van der Waals surface area contributed by atoms with Gasteiger partial charge in [0.25, 0.3) is 0 Å². The molecule has 2 unspecified atom stereocenters. The van der Waals surface area contributed by atoms with E-state index >= 15 is 0 Å². The average Bonchev–Trinajstić information content (AvgIpc) is 2.74. The molecule has 0 spiro atoms. The number of hydrogen-bond acceptors (Lipinski definition) is 2. The largest absolute Gasteiger partial charge is 0.392 e. The van der Waals surface area contributed by atoms with E-state index < -0.39 is 5.41 Å². The molecule has 0 heterocycles. The molecule has 0 aromatic rings. The van der Waals surface area contributed by atoms with E-state index in [1.807, 2.05) is 0 Å². The van der Waals surface area contributed by atoms with Gasteiger partial charge in [0.15, 0.2) is 0 Å². The molecule has 120 valence electrons. The maximum Gasteiger partial charge on any atom is 0.233 e. The molecule has 2 aliphatic rings. The third kappa shape index (κ3) is 3.97. The molecule has 0 saturated heterocycles. The van der Waals surface area contributed by atoms with Crippen molar-refractivity contribution in [2.24, 2.45) is 17.1 Å². The summed E-state index contributed by atoms with van der Waals surface area (Å²) < 4.78 is 0. The van der Waals surface area contributed by atoms with Gasteiger partial charge in [-0.1, -0.05) is 64.1 Å². The first kappa shape index (κ1) is 16.7. The second kappa shape index (κ2) is 7.57. The summed E-state index contributed by atoms with van der Waals surface area (Å²) in [7, 11) is 0. The van der Waals surface area contributed by atoms with E-state index in [4.69, 9.17) is 18.0 Å². The van der Waals surface area contributed by atoms with E-state index in [2.05, 4.69) is 12.2 Å². The lowest BCUT2D eigenvalue weighted by Gasteiger charge is -2.35. The van der Waals surface area contributed by atoms with Gasteiger partial charge in [0.1, 0.15) is 0 Å². The van der Waals surface area contributed by atoms with Gasteiger partial charge >= 0.3 is 0 Å². The van der Waals surface area contributed by atoms with Crippen LogP contribution >= 0.6 is 12.2 Å². The summed E-state index contributed by atoms with van der Waals surface area (Å²) in [6.07, 6.45) is 12.2. The molecule has 3 nitrogen and oxygen atoms in total. The van der Waals surface area contributed by atoms with Gasteiger partial charge in [-0.15, -0.1) is 0 Å². The number of nitrogens with one attached hydrogen (secondary N) is 1. The predicted octanol–water partition coefficient (Wildman–Crippen LogP) is 3.70. The van der Waals surface area contributed by atoms with Gasteiger partial charge in [0.05, 0.1) is 10.4 Å². The van der Waals surface area contributed by atoms with E-state index in [0.717, 1.165) is 44.4 Å².